The van der Waals surface area contributed by atoms with Crippen molar-refractivity contribution in [1.29, 1.82) is 0 Å². The van der Waals surface area contributed by atoms with Crippen LogP contribution in [0.3, 0.4) is 0 Å². The van der Waals surface area contributed by atoms with Gasteiger partial charge in [-0.1, -0.05) is 0 Å². The third kappa shape index (κ3) is 6.73. The third-order valence-corrected chi connectivity index (χ3v) is 1.51. The number of carbonyl (C=O) groups excluding carboxylic acids is 1. The molecule has 6 nitrogen and oxygen atoms in total. The zero-order valence-electron chi connectivity index (χ0n) is 9.20. The smallest absolute Gasteiger partial charge is 0.326 e. The molecule has 0 fully saturated rings. The van der Waals surface area contributed by atoms with Crippen molar-refractivity contribution < 1.29 is 19.8 Å². The molecule has 88 valence electrons. The van der Waals surface area contributed by atoms with Gasteiger partial charge in [0.2, 0.25) is 0 Å². The Labute approximate surface area is 88.7 Å². The first-order chi connectivity index (χ1) is 6.76. The van der Waals surface area contributed by atoms with Crippen LogP contribution in [0.2, 0.25) is 0 Å². The Kier molecular flexibility index (Phi) is 5.07. The van der Waals surface area contributed by atoms with Crippen LogP contribution < -0.4 is 10.6 Å². The molecule has 0 aliphatic rings. The summed E-state index contributed by atoms with van der Waals surface area (Å²) in [6, 6.07) is -1.61. The Bertz CT molecular complexity index is 235. The summed E-state index contributed by atoms with van der Waals surface area (Å²) in [7, 11) is 0. The normalized spacial score (nSPS) is 13.1. The molecule has 0 radical (unpaired) electrons. The predicted molar refractivity (Wildman–Crippen MR) is 54.5 cm³/mol. The molecule has 0 aromatic carbocycles. The number of amides is 2. The summed E-state index contributed by atoms with van der Waals surface area (Å²) in [4.78, 5) is 21.9. The molecule has 1 unspecified atom stereocenters. The fourth-order valence-corrected chi connectivity index (χ4v) is 0.921. The monoisotopic (exact) mass is 218 g/mol. The lowest BCUT2D eigenvalue weighted by atomic mass is 10.1. The molecule has 0 spiro atoms. The quantitative estimate of drug-likeness (QED) is 0.530. The zero-order chi connectivity index (χ0) is 12.1. The van der Waals surface area contributed by atoms with E-state index in [9.17, 15) is 9.59 Å². The average Bonchev–Trinajstić information content (AvgIpc) is 1.99. The lowest BCUT2D eigenvalue weighted by molar-refractivity contribution is -0.139. The Balaban J connectivity index is 4.18. The maximum absolute atomic E-state index is 11.3. The first-order valence-corrected chi connectivity index (χ1v) is 4.68. The van der Waals surface area contributed by atoms with Crippen molar-refractivity contribution in [1.82, 2.24) is 10.6 Å². The van der Waals surface area contributed by atoms with E-state index in [2.05, 4.69) is 10.6 Å². The summed E-state index contributed by atoms with van der Waals surface area (Å²) in [5, 5.41) is 22.1. The van der Waals surface area contributed by atoms with Crippen molar-refractivity contribution in [3.8, 4) is 0 Å². The lowest BCUT2D eigenvalue weighted by Gasteiger charge is -2.22. The Hall–Kier alpha value is -1.30. The van der Waals surface area contributed by atoms with Gasteiger partial charge in [-0.25, -0.2) is 9.59 Å². The molecule has 0 rings (SSSR count). The van der Waals surface area contributed by atoms with Gasteiger partial charge in [0, 0.05) is 18.6 Å². The Morgan fingerprint density at radius 3 is 2.20 bits per heavy atom. The number of aliphatic carboxylic acids is 1. The van der Waals surface area contributed by atoms with E-state index >= 15 is 0 Å². The Morgan fingerprint density at radius 1 is 1.33 bits per heavy atom. The first-order valence-electron chi connectivity index (χ1n) is 4.68. The molecule has 0 aliphatic carbocycles. The van der Waals surface area contributed by atoms with E-state index in [-0.39, 0.29) is 13.0 Å². The molecule has 0 aromatic heterocycles. The molecule has 0 saturated heterocycles. The number of aliphatic hydroxyl groups is 1. The van der Waals surface area contributed by atoms with Crippen LogP contribution >= 0.6 is 0 Å². The minimum Gasteiger partial charge on any atom is -0.480 e. The van der Waals surface area contributed by atoms with Gasteiger partial charge < -0.3 is 20.8 Å². The van der Waals surface area contributed by atoms with Gasteiger partial charge in [-0.2, -0.15) is 0 Å². The molecule has 0 aliphatic heterocycles. The summed E-state index contributed by atoms with van der Waals surface area (Å²) in [6.45, 7) is 5.07. The molecular formula is C9H18N2O4. The molecule has 15 heavy (non-hydrogen) atoms. The molecular weight excluding hydrogens is 200 g/mol. The van der Waals surface area contributed by atoms with E-state index in [1.807, 2.05) is 0 Å². The molecule has 2 amide bonds. The van der Waals surface area contributed by atoms with Crippen molar-refractivity contribution in [2.45, 2.75) is 38.8 Å². The number of urea groups is 1. The lowest BCUT2D eigenvalue weighted by Crippen LogP contribution is -2.51. The summed E-state index contributed by atoms with van der Waals surface area (Å²) >= 11 is 0. The fraction of sp³-hybridized carbons (Fsp3) is 0.778. The van der Waals surface area contributed by atoms with Gasteiger partial charge in [-0.05, 0) is 20.8 Å². The van der Waals surface area contributed by atoms with Gasteiger partial charge in [-0.3, -0.25) is 0 Å². The van der Waals surface area contributed by atoms with Gasteiger partial charge in [-0.15, -0.1) is 0 Å². The Morgan fingerprint density at radius 2 is 1.87 bits per heavy atom. The molecule has 1 atom stereocenters. The first kappa shape index (κ1) is 13.7. The molecule has 0 aromatic rings. The van der Waals surface area contributed by atoms with E-state index in [0.717, 1.165) is 0 Å². The standard InChI is InChI=1S/C9H18N2O4/c1-9(2,3)11-8(15)10-6(4-5-12)7(13)14/h6,12H,4-5H2,1-3H3,(H,13,14)(H2,10,11,15). The molecule has 0 saturated carbocycles. The van der Waals surface area contributed by atoms with Crippen LogP contribution in [0.5, 0.6) is 0 Å². The number of hydrogen-bond donors (Lipinski definition) is 4. The maximum Gasteiger partial charge on any atom is 0.326 e. The SMILES string of the molecule is CC(C)(C)NC(=O)NC(CCO)C(=O)O. The van der Waals surface area contributed by atoms with Crippen molar-refractivity contribution >= 4 is 12.0 Å². The highest BCUT2D eigenvalue weighted by atomic mass is 16.4. The van der Waals surface area contributed by atoms with Crippen molar-refractivity contribution in [2.75, 3.05) is 6.61 Å². The highest BCUT2D eigenvalue weighted by Gasteiger charge is 2.21. The fourth-order valence-electron chi connectivity index (χ4n) is 0.921. The largest absolute Gasteiger partial charge is 0.480 e. The van der Waals surface area contributed by atoms with Crippen LogP contribution in [-0.2, 0) is 4.79 Å². The van der Waals surface area contributed by atoms with Crippen LogP contribution in [0.1, 0.15) is 27.2 Å². The van der Waals surface area contributed by atoms with Gasteiger partial charge >= 0.3 is 12.0 Å². The minimum atomic E-state index is -1.16. The van der Waals surface area contributed by atoms with Gasteiger partial charge in [0.15, 0.2) is 0 Å². The number of carbonyl (C=O) groups is 2. The van der Waals surface area contributed by atoms with Crippen LogP contribution in [0.4, 0.5) is 4.79 Å². The molecule has 4 N–H and O–H groups in total. The number of carboxylic acids is 1. The second-order valence-electron chi connectivity index (χ2n) is 4.25. The highest BCUT2D eigenvalue weighted by molar-refractivity contribution is 5.82. The second kappa shape index (κ2) is 5.55. The summed E-state index contributed by atoms with van der Waals surface area (Å²) in [5.74, 6) is -1.16. The second-order valence-corrected chi connectivity index (χ2v) is 4.25. The number of nitrogens with one attached hydrogen (secondary N) is 2. The van der Waals surface area contributed by atoms with E-state index in [1.165, 1.54) is 0 Å². The third-order valence-electron chi connectivity index (χ3n) is 1.51. The molecule has 0 bridgehead atoms. The van der Waals surface area contributed by atoms with E-state index in [4.69, 9.17) is 10.2 Å². The van der Waals surface area contributed by atoms with Gasteiger partial charge in [0.05, 0.1) is 0 Å². The van der Waals surface area contributed by atoms with Crippen LogP contribution in [-0.4, -0.2) is 40.4 Å². The van der Waals surface area contributed by atoms with E-state index in [1.54, 1.807) is 20.8 Å². The van der Waals surface area contributed by atoms with Gasteiger partial charge in [0.25, 0.3) is 0 Å². The summed E-state index contributed by atoms with van der Waals surface area (Å²) in [5.41, 5.74) is -0.424. The number of aliphatic hydroxyl groups excluding tert-OH is 1. The van der Waals surface area contributed by atoms with E-state index in [0.29, 0.717) is 0 Å². The van der Waals surface area contributed by atoms with Crippen molar-refractivity contribution in [3.63, 3.8) is 0 Å². The molecule has 0 heterocycles. The summed E-state index contributed by atoms with van der Waals surface area (Å²) in [6.07, 6.45) is -0.00705. The van der Waals surface area contributed by atoms with Crippen molar-refractivity contribution in [2.24, 2.45) is 0 Å². The number of rotatable bonds is 4. The topological polar surface area (TPSA) is 98.7 Å². The average molecular weight is 218 g/mol. The maximum atomic E-state index is 11.3. The predicted octanol–water partition coefficient (Wildman–Crippen LogP) is -0.0803. The summed E-state index contributed by atoms with van der Waals surface area (Å²) < 4.78 is 0. The highest BCUT2D eigenvalue weighted by Crippen LogP contribution is 1.98. The van der Waals surface area contributed by atoms with Gasteiger partial charge in [0.1, 0.15) is 6.04 Å². The molecule has 6 heteroatoms. The minimum absolute atomic E-state index is 0.00705. The van der Waals surface area contributed by atoms with Crippen molar-refractivity contribution in [3.05, 3.63) is 0 Å². The number of carboxylic acid groups (broad SMARTS) is 1. The van der Waals surface area contributed by atoms with Crippen LogP contribution in [0, 0.1) is 0 Å². The van der Waals surface area contributed by atoms with Crippen LogP contribution in [0.25, 0.3) is 0 Å². The van der Waals surface area contributed by atoms with Crippen LogP contribution in [0.15, 0.2) is 0 Å². The van der Waals surface area contributed by atoms with E-state index < -0.39 is 23.6 Å². The zero-order valence-corrected chi connectivity index (χ0v) is 9.20. The number of hydrogen-bond acceptors (Lipinski definition) is 3.